The fourth-order valence-corrected chi connectivity index (χ4v) is 3.92. The number of benzene rings is 2. The Balaban J connectivity index is 1.68. The van der Waals surface area contributed by atoms with Gasteiger partial charge in [0.25, 0.3) is 11.8 Å². The number of furan rings is 1. The minimum absolute atomic E-state index is 0.0664. The van der Waals surface area contributed by atoms with Crippen molar-refractivity contribution in [3.05, 3.63) is 87.4 Å². The third-order valence-corrected chi connectivity index (χ3v) is 5.74. The number of aryl methyl sites for hydroxylation is 1. The number of anilines is 1. The Morgan fingerprint density at radius 2 is 1.90 bits per heavy atom. The van der Waals surface area contributed by atoms with E-state index in [1.165, 1.54) is 16.1 Å². The molecule has 3 amide bonds. The van der Waals surface area contributed by atoms with Crippen LogP contribution in [0.2, 0.25) is 0 Å². The average molecular weight is 514 g/mol. The molecule has 152 valence electrons. The van der Waals surface area contributed by atoms with Gasteiger partial charge >= 0.3 is 0 Å². The topological polar surface area (TPSA) is 70.8 Å². The van der Waals surface area contributed by atoms with Crippen molar-refractivity contribution >= 4 is 46.0 Å². The van der Waals surface area contributed by atoms with Crippen molar-refractivity contribution in [3.63, 3.8) is 0 Å². The molecule has 2 heterocycles. The van der Waals surface area contributed by atoms with Crippen LogP contribution in [0.5, 0.6) is 0 Å². The first kappa shape index (κ1) is 20.3. The van der Waals surface area contributed by atoms with Crippen molar-refractivity contribution < 1.29 is 18.8 Å². The lowest BCUT2D eigenvalue weighted by Crippen LogP contribution is -2.45. The van der Waals surface area contributed by atoms with Gasteiger partial charge in [0.15, 0.2) is 0 Å². The summed E-state index contributed by atoms with van der Waals surface area (Å²) in [5, 5.41) is 0. The normalized spacial score (nSPS) is 16.2. The number of imide groups is 1. The van der Waals surface area contributed by atoms with E-state index < -0.39 is 11.9 Å². The highest BCUT2D eigenvalue weighted by molar-refractivity contribution is 14.1. The molecule has 0 spiro atoms. The molecule has 3 aromatic rings. The maximum absolute atomic E-state index is 13.4. The Bertz CT molecular complexity index is 1090. The molecule has 1 atom stereocenters. The second kappa shape index (κ2) is 8.43. The summed E-state index contributed by atoms with van der Waals surface area (Å²) in [7, 11) is 0. The molecule has 0 saturated carbocycles. The van der Waals surface area contributed by atoms with Crippen LogP contribution < -0.4 is 4.90 Å². The van der Waals surface area contributed by atoms with Gasteiger partial charge in [-0.1, -0.05) is 17.7 Å². The predicted molar refractivity (Wildman–Crippen MR) is 120 cm³/mol. The summed E-state index contributed by atoms with van der Waals surface area (Å²) < 4.78 is 6.42. The average Bonchev–Trinajstić information content (AvgIpc) is 3.34. The number of carbonyl (C=O) groups excluding carboxylic acids is 3. The number of carbonyl (C=O) groups is 3. The number of amides is 3. The lowest BCUT2D eigenvalue weighted by molar-refractivity contribution is -0.122. The molecule has 1 saturated heterocycles. The van der Waals surface area contributed by atoms with E-state index in [1.54, 1.807) is 42.5 Å². The maximum atomic E-state index is 13.4. The fourth-order valence-electron chi connectivity index (χ4n) is 3.56. The molecule has 1 aromatic heterocycles. The Morgan fingerprint density at radius 3 is 2.57 bits per heavy atom. The van der Waals surface area contributed by atoms with Crippen LogP contribution in [-0.2, 0) is 16.1 Å². The number of nitrogens with zero attached hydrogens (tertiary/aromatic N) is 2. The van der Waals surface area contributed by atoms with E-state index in [4.69, 9.17) is 4.42 Å². The predicted octanol–water partition coefficient (Wildman–Crippen LogP) is 4.17. The van der Waals surface area contributed by atoms with E-state index in [2.05, 4.69) is 22.6 Å². The van der Waals surface area contributed by atoms with Crippen molar-refractivity contribution in [3.8, 4) is 0 Å². The summed E-state index contributed by atoms with van der Waals surface area (Å²) in [6, 6.07) is 16.9. The van der Waals surface area contributed by atoms with Crippen LogP contribution in [0.1, 0.15) is 28.1 Å². The summed E-state index contributed by atoms with van der Waals surface area (Å²) in [6.45, 7) is 2.00. The largest absolute Gasteiger partial charge is 0.467 e. The Kier molecular flexibility index (Phi) is 5.72. The van der Waals surface area contributed by atoms with Gasteiger partial charge in [0.1, 0.15) is 11.8 Å². The minimum Gasteiger partial charge on any atom is -0.467 e. The monoisotopic (exact) mass is 514 g/mol. The first-order valence-corrected chi connectivity index (χ1v) is 10.5. The summed E-state index contributed by atoms with van der Waals surface area (Å²) in [5.41, 5.74) is 1.91. The van der Waals surface area contributed by atoms with Crippen LogP contribution in [-0.4, -0.2) is 28.7 Å². The molecule has 30 heavy (non-hydrogen) atoms. The molecule has 0 N–H and O–H groups in total. The molecule has 0 radical (unpaired) electrons. The summed E-state index contributed by atoms with van der Waals surface area (Å²) >= 11 is 2.16. The quantitative estimate of drug-likeness (QED) is 0.379. The zero-order chi connectivity index (χ0) is 21.3. The Hall–Kier alpha value is -2.94. The SMILES string of the molecule is Cc1cccc(C(=O)N(Cc2ccco2)C2CC(=O)N(c3ccc(I)cc3)C2=O)c1. The number of rotatable bonds is 5. The van der Waals surface area contributed by atoms with Gasteiger partial charge in [0.05, 0.1) is 24.9 Å². The van der Waals surface area contributed by atoms with Gasteiger partial charge in [-0.25, -0.2) is 4.90 Å². The van der Waals surface area contributed by atoms with Crippen LogP contribution in [0.25, 0.3) is 0 Å². The first-order chi connectivity index (χ1) is 14.4. The van der Waals surface area contributed by atoms with Crippen molar-refractivity contribution in [2.75, 3.05) is 4.90 Å². The van der Waals surface area contributed by atoms with Gasteiger partial charge in [-0.15, -0.1) is 0 Å². The number of hydrogen-bond acceptors (Lipinski definition) is 4. The van der Waals surface area contributed by atoms with E-state index in [9.17, 15) is 14.4 Å². The van der Waals surface area contributed by atoms with Crippen LogP contribution >= 0.6 is 22.6 Å². The first-order valence-electron chi connectivity index (χ1n) is 9.46. The highest BCUT2D eigenvalue weighted by Gasteiger charge is 2.44. The van der Waals surface area contributed by atoms with E-state index in [1.807, 2.05) is 25.1 Å². The summed E-state index contributed by atoms with van der Waals surface area (Å²) in [4.78, 5) is 41.9. The van der Waals surface area contributed by atoms with E-state index in [0.717, 1.165) is 9.13 Å². The molecule has 4 rings (SSSR count). The molecule has 0 aliphatic carbocycles. The standard InChI is InChI=1S/C23H19IN2O4/c1-15-4-2-5-16(12-15)22(28)25(14-19-6-3-11-30-19)20-13-21(27)26(23(20)29)18-9-7-17(24)8-10-18/h2-12,20H,13-14H2,1H3. The van der Waals surface area contributed by atoms with Crippen LogP contribution in [0.15, 0.2) is 71.3 Å². The second-order valence-electron chi connectivity index (χ2n) is 7.15. The highest BCUT2D eigenvalue weighted by atomic mass is 127. The number of hydrogen-bond donors (Lipinski definition) is 0. The molecule has 2 aromatic carbocycles. The lowest BCUT2D eigenvalue weighted by atomic mass is 10.1. The van der Waals surface area contributed by atoms with Gasteiger partial charge in [0, 0.05) is 9.13 Å². The van der Waals surface area contributed by atoms with Crippen molar-refractivity contribution in [1.82, 2.24) is 4.90 Å². The van der Waals surface area contributed by atoms with Crippen LogP contribution in [0.3, 0.4) is 0 Å². The van der Waals surface area contributed by atoms with Gasteiger partial charge < -0.3 is 9.32 Å². The molecule has 6 nitrogen and oxygen atoms in total. The molecular weight excluding hydrogens is 495 g/mol. The molecule has 7 heteroatoms. The fraction of sp³-hybridized carbons (Fsp3) is 0.174. The summed E-state index contributed by atoms with van der Waals surface area (Å²) in [5.74, 6) is -0.504. The highest BCUT2D eigenvalue weighted by Crippen LogP contribution is 2.28. The molecule has 1 aliphatic heterocycles. The molecular formula is C23H19IN2O4. The van der Waals surface area contributed by atoms with E-state index in [-0.39, 0.29) is 24.8 Å². The van der Waals surface area contributed by atoms with Gasteiger partial charge in [-0.2, -0.15) is 0 Å². The van der Waals surface area contributed by atoms with Crippen molar-refractivity contribution in [2.45, 2.75) is 25.9 Å². The smallest absolute Gasteiger partial charge is 0.257 e. The molecule has 1 fully saturated rings. The Labute approximate surface area is 187 Å². The zero-order valence-corrected chi connectivity index (χ0v) is 18.4. The second-order valence-corrected chi connectivity index (χ2v) is 8.39. The maximum Gasteiger partial charge on any atom is 0.257 e. The Morgan fingerprint density at radius 1 is 1.13 bits per heavy atom. The molecule has 1 aliphatic rings. The van der Waals surface area contributed by atoms with Gasteiger partial charge in [-0.05, 0) is 78.0 Å². The zero-order valence-electron chi connectivity index (χ0n) is 16.2. The van der Waals surface area contributed by atoms with Gasteiger partial charge in [0.2, 0.25) is 5.91 Å². The van der Waals surface area contributed by atoms with Crippen LogP contribution in [0, 0.1) is 10.5 Å². The van der Waals surface area contributed by atoms with Crippen molar-refractivity contribution in [2.24, 2.45) is 0 Å². The minimum atomic E-state index is -0.894. The molecule has 0 bridgehead atoms. The number of halogens is 1. The summed E-state index contributed by atoms with van der Waals surface area (Å²) in [6.07, 6.45) is 1.45. The van der Waals surface area contributed by atoms with Crippen molar-refractivity contribution in [1.29, 1.82) is 0 Å². The third kappa shape index (κ3) is 4.02. The third-order valence-electron chi connectivity index (χ3n) is 5.02. The van der Waals surface area contributed by atoms with E-state index >= 15 is 0 Å². The van der Waals surface area contributed by atoms with E-state index in [0.29, 0.717) is 17.0 Å². The van der Waals surface area contributed by atoms with Crippen LogP contribution in [0.4, 0.5) is 5.69 Å². The molecule has 1 unspecified atom stereocenters. The lowest BCUT2D eigenvalue weighted by Gasteiger charge is -2.27. The van der Waals surface area contributed by atoms with Gasteiger partial charge in [-0.3, -0.25) is 14.4 Å².